The Labute approximate surface area is 190 Å². The van der Waals surface area contributed by atoms with Crippen molar-refractivity contribution in [3.8, 4) is 16.9 Å². The van der Waals surface area contributed by atoms with E-state index in [4.69, 9.17) is 4.74 Å². The topological polar surface area (TPSA) is 29.5 Å². The first-order chi connectivity index (χ1) is 15.3. The van der Waals surface area contributed by atoms with Crippen molar-refractivity contribution in [2.75, 3.05) is 27.2 Å². The number of halogens is 1. The predicted molar refractivity (Wildman–Crippen MR) is 129 cm³/mol. The second-order valence-electron chi connectivity index (χ2n) is 8.82. The molecule has 1 atom stereocenters. The Morgan fingerprint density at radius 1 is 0.938 bits per heavy atom. The van der Waals surface area contributed by atoms with E-state index in [1.807, 2.05) is 62.6 Å². The number of carbonyl (C=O) groups is 1. The first-order valence-corrected chi connectivity index (χ1v) is 11.1. The number of hydrogen-bond donors (Lipinski definition) is 0. The monoisotopic (exact) mass is 433 g/mol. The molecule has 3 aromatic rings. The fourth-order valence-corrected chi connectivity index (χ4v) is 3.80. The molecule has 0 heterocycles. The van der Waals surface area contributed by atoms with Gasteiger partial charge in [-0.3, -0.25) is 4.79 Å². The molecule has 0 amide bonds. The molecule has 0 unspecified atom stereocenters. The second-order valence-corrected chi connectivity index (χ2v) is 8.82. The number of ketones is 1. The molecule has 0 radical (unpaired) electrons. The predicted octanol–water partition coefficient (Wildman–Crippen LogP) is 6.45. The lowest BCUT2D eigenvalue weighted by molar-refractivity contribution is 0.0949. The highest BCUT2D eigenvalue weighted by Gasteiger charge is 2.25. The molecule has 0 aromatic heterocycles. The molecule has 0 bridgehead atoms. The van der Waals surface area contributed by atoms with Gasteiger partial charge in [0.15, 0.2) is 5.78 Å². The van der Waals surface area contributed by atoms with Crippen molar-refractivity contribution < 1.29 is 13.9 Å². The zero-order chi connectivity index (χ0) is 23.1. The minimum Gasteiger partial charge on any atom is -0.492 e. The highest BCUT2D eigenvalue weighted by atomic mass is 19.1. The van der Waals surface area contributed by atoms with Gasteiger partial charge in [-0.1, -0.05) is 50.2 Å². The third-order valence-corrected chi connectivity index (χ3v) is 5.46. The van der Waals surface area contributed by atoms with Crippen LogP contribution in [-0.4, -0.2) is 37.9 Å². The third kappa shape index (κ3) is 6.27. The Hall–Kier alpha value is -2.98. The zero-order valence-electron chi connectivity index (χ0n) is 19.3. The van der Waals surface area contributed by atoms with E-state index in [0.717, 1.165) is 35.4 Å². The van der Waals surface area contributed by atoms with Gasteiger partial charge in [0.05, 0.1) is 0 Å². The van der Waals surface area contributed by atoms with Gasteiger partial charge in [-0.25, -0.2) is 4.39 Å². The van der Waals surface area contributed by atoms with Crippen LogP contribution in [0.15, 0.2) is 72.8 Å². The van der Waals surface area contributed by atoms with Crippen LogP contribution in [0.5, 0.6) is 5.75 Å². The Balaban J connectivity index is 1.89. The molecule has 32 heavy (non-hydrogen) atoms. The molecule has 0 saturated heterocycles. The van der Waals surface area contributed by atoms with Crippen LogP contribution in [0, 0.1) is 11.7 Å². The van der Waals surface area contributed by atoms with E-state index in [2.05, 4.69) is 18.7 Å². The summed E-state index contributed by atoms with van der Waals surface area (Å²) in [4.78, 5) is 15.7. The first-order valence-electron chi connectivity index (χ1n) is 11.1. The summed E-state index contributed by atoms with van der Waals surface area (Å²) >= 11 is 0. The van der Waals surface area contributed by atoms with Crippen LogP contribution >= 0.6 is 0 Å². The maximum Gasteiger partial charge on any atom is 0.170 e. The van der Waals surface area contributed by atoms with Gasteiger partial charge in [0, 0.05) is 18.0 Å². The van der Waals surface area contributed by atoms with E-state index in [-0.39, 0.29) is 17.5 Å². The quantitative estimate of drug-likeness (QED) is 0.344. The van der Waals surface area contributed by atoms with Crippen molar-refractivity contribution in [2.45, 2.75) is 26.2 Å². The normalized spacial score (nSPS) is 12.2. The van der Waals surface area contributed by atoms with Gasteiger partial charge in [0.25, 0.3) is 0 Å². The number of carbonyl (C=O) groups excluding carboxylic acids is 1. The third-order valence-electron chi connectivity index (χ3n) is 5.46. The van der Waals surface area contributed by atoms with Crippen molar-refractivity contribution in [1.82, 2.24) is 4.90 Å². The van der Waals surface area contributed by atoms with E-state index in [1.54, 1.807) is 12.1 Å². The zero-order valence-corrected chi connectivity index (χ0v) is 19.3. The van der Waals surface area contributed by atoms with Crippen molar-refractivity contribution >= 4 is 5.78 Å². The van der Waals surface area contributed by atoms with Gasteiger partial charge in [0.2, 0.25) is 0 Å². The summed E-state index contributed by atoms with van der Waals surface area (Å²) in [6.07, 6.45) is 0.734. The molecular weight excluding hydrogens is 401 g/mol. The van der Waals surface area contributed by atoms with E-state index in [1.165, 1.54) is 12.1 Å². The number of Topliss-reactive ketones (excluding diaryl/α,β-unsaturated/α-hetero) is 1. The Morgan fingerprint density at radius 3 is 2.22 bits per heavy atom. The summed E-state index contributed by atoms with van der Waals surface area (Å²) in [5.41, 5.74) is 3.52. The number of rotatable bonds is 10. The molecule has 3 rings (SSSR count). The average molecular weight is 434 g/mol. The molecule has 3 aromatic carbocycles. The van der Waals surface area contributed by atoms with E-state index < -0.39 is 0 Å². The number of hydrogen-bond acceptors (Lipinski definition) is 3. The number of nitrogens with zero attached hydrogens (tertiary/aromatic N) is 1. The summed E-state index contributed by atoms with van der Waals surface area (Å²) in [6.45, 7) is 5.68. The number of likely N-dealkylation sites (N-methyl/N-ethyl adjacent to an activating group) is 1. The Bertz CT molecular complexity index is 1010. The highest BCUT2D eigenvalue weighted by Crippen LogP contribution is 2.35. The molecule has 0 aliphatic heterocycles. The average Bonchev–Trinajstić information content (AvgIpc) is 2.78. The van der Waals surface area contributed by atoms with Gasteiger partial charge < -0.3 is 9.64 Å². The van der Waals surface area contributed by atoms with E-state index in [0.29, 0.717) is 18.1 Å². The fourth-order valence-electron chi connectivity index (χ4n) is 3.80. The Kier molecular flexibility index (Phi) is 8.18. The van der Waals surface area contributed by atoms with Crippen LogP contribution in [0.3, 0.4) is 0 Å². The van der Waals surface area contributed by atoms with Crippen LogP contribution in [0.1, 0.15) is 42.1 Å². The lowest BCUT2D eigenvalue weighted by Gasteiger charge is -2.22. The molecular formula is C28H32FNO2. The van der Waals surface area contributed by atoms with Crippen LogP contribution in [0.25, 0.3) is 11.1 Å². The maximum absolute atomic E-state index is 13.6. The van der Waals surface area contributed by atoms with Gasteiger partial charge in [0.1, 0.15) is 18.2 Å². The standard InChI is InChI=1S/C28H32FNO2/c1-20(2)19-27(26-8-6-5-7-25(26)21-9-13-23(29)14-10-21)28(31)22-11-15-24(16-12-22)32-18-17-30(3)4/h5-16,20,27H,17-19H2,1-4H3/t27-/m0/s1. The smallest absolute Gasteiger partial charge is 0.170 e. The second kappa shape index (κ2) is 11.1. The van der Waals surface area contributed by atoms with Gasteiger partial charge in [-0.05, 0) is 79.5 Å². The first kappa shape index (κ1) is 23.7. The molecule has 3 nitrogen and oxygen atoms in total. The molecule has 0 saturated carbocycles. The van der Waals surface area contributed by atoms with Gasteiger partial charge in [-0.15, -0.1) is 0 Å². The Morgan fingerprint density at radius 2 is 1.59 bits per heavy atom. The summed E-state index contributed by atoms with van der Waals surface area (Å²) in [7, 11) is 4.01. The van der Waals surface area contributed by atoms with Crippen LogP contribution < -0.4 is 4.74 Å². The van der Waals surface area contributed by atoms with Crippen molar-refractivity contribution in [3.63, 3.8) is 0 Å². The summed E-state index contributed by atoms with van der Waals surface area (Å²) in [5, 5.41) is 0. The summed E-state index contributed by atoms with van der Waals surface area (Å²) < 4.78 is 19.2. The van der Waals surface area contributed by atoms with E-state index in [9.17, 15) is 9.18 Å². The minimum atomic E-state index is -0.281. The van der Waals surface area contributed by atoms with Gasteiger partial charge >= 0.3 is 0 Å². The molecule has 0 N–H and O–H groups in total. The van der Waals surface area contributed by atoms with Crippen molar-refractivity contribution in [3.05, 3.63) is 89.7 Å². The van der Waals surface area contributed by atoms with Crippen LogP contribution in [0.4, 0.5) is 4.39 Å². The molecule has 0 fully saturated rings. The maximum atomic E-state index is 13.6. The SMILES string of the molecule is CC(C)C[C@H](C(=O)c1ccc(OCCN(C)C)cc1)c1ccccc1-c1ccc(F)cc1. The lowest BCUT2D eigenvalue weighted by Crippen LogP contribution is -2.19. The highest BCUT2D eigenvalue weighted by molar-refractivity contribution is 6.02. The molecule has 0 spiro atoms. The number of benzene rings is 3. The van der Waals surface area contributed by atoms with Gasteiger partial charge in [-0.2, -0.15) is 0 Å². The van der Waals surface area contributed by atoms with Crippen LogP contribution in [0.2, 0.25) is 0 Å². The largest absolute Gasteiger partial charge is 0.492 e. The molecule has 0 aliphatic rings. The number of ether oxygens (including phenoxy) is 1. The molecule has 4 heteroatoms. The van der Waals surface area contributed by atoms with E-state index >= 15 is 0 Å². The minimum absolute atomic E-state index is 0.0908. The fraction of sp³-hybridized carbons (Fsp3) is 0.321. The molecule has 168 valence electrons. The molecule has 0 aliphatic carbocycles. The summed E-state index contributed by atoms with van der Waals surface area (Å²) in [5.74, 6) is 0.646. The van der Waals surface area contributed by atoms with Crippen molar-refractivity contribution in [1.29, 1.82) is 0 Å². The lowest BCUT2D eigenvalue weighted by atomic mass is 9.81. The summed E-state index contributed by atoms with van der Waals surface area (Å²) in [6, 6.07) is 21.8. The van der Waals surface area contributed by atoms with Crippen molar-refractivity contribution in [2.24, 2.45) is 5.92 Å². The van der Waals surface area contributed by atoms with Crippen LogP contribution in [-0.2, 0) is 0 Å².